The number of fused-ring (bicyclic) bond motifs is 1. The molecule has 7 heteroatoms. The highest BCUT2D eigenvalue weighted by atomic mass is 32.2. The first-order valence-electron chi connectivity index (χ1n) is 10.1. The number of piperidine rings is 1. The van der Waals surface area contributed by atoms with Crippen molar-refractivity contribution in [2.75, 3.05) is 12.3 Å². The van der Waals surface area contributed by atoms with Crippen LogP contribution in [0.3, 0.4) is 0 Å². The molecule has 1 saturated heterocycles. The summed E-state index contributed by atoms with van der Waals surface area (Å²) in [6.45, 7) is 2.52. The molecule has 0 spiro atoms. The zero-order valence-electron chi connectivity index (χ0n) is 16.5. The van der Waals surface area contributed by atoms with Crippen LogP contribution in [0.5, 0.6) is 0 Å². The predicted octanol–water partition coefficient (Wildman–Crippen LogP) is 4.22. The molecule has 2 aromatic carbocycles. The molecule has 154 valence electrons. The third kappa shape index (κ3) is 4.22. The lowest BCUT2D eigenvalue weighted by molar-refractivity contribution is 0.0935. The van der Waals surface area contributed by atoms with Crippen LogP contribution in [0.1, 0.15) is 54.6 Å². The standard InChI is InChI=1S/C22H26N2O3S2/c1-16-6-4-5-14-24(16)29(26,27)18-11-9-17(10-12-18)22(25)23-20-13-15-28-21-8-3-2-7-19(20)21/h2-3,7-12,16,20H,4-6,13-15H2,1H3,(H,23,25)/t16-,20-/m0/s1. The van der Waals surface area contributed by atoms with Crippen molar-refractivity contribution in [3.8, 4) is 0 Å². The van der Waals surface area contributed by atoms with Gasteiger partial charge in [-0.3, -0.25) is 4.79 Å². The Hall–Kier alpha value is -1.83. The largest absolute Gasteiger partial charge is 0.345 e. The third-order valence-electron chi connectivity index (χ3n) is 5.73. The van der Waals surface area contributed by atoms with Crippen LogP contribution in [-0.2, 0) is 10.0 Å². The van der Waals surface area contributed by atoms with Crippen LogP contribution < -0.4 is 5.32 Å². The highest BCUT2D eigenvalue weighted by Crippen LogP contribution is 2.36. The average molecular weight is 431 g/mol. The van der Waals surface area contributed by atoms with Gasteiger partial charge in [-0.05, 0) is 62.1 Å². The lowest BCUT2D eigenvalue weighted by atomic mass is 10.0. The van der Waals surface area contributed by atoms with E-state index in [1.54, 1.807) is 28.6 Å². The van der Waals surface area contributed by atoms with Gasteiger partial charge in [0.1, 0.15) is 0 Å². The Morgan fingerprint density at radius 2 is 1.83 bits per heavy atom. The van der Waals surface area contributed by atoms with Gasteiger partial charge in [0, 0.05) is 28.8 Å². The van der Waals surface area contributed by atoms with E-state index in [1.165, 1.54) is 4.90 Å². The number of amides is 1. The van der Waals surface area contributed by atoms with Gasteiger partial charge in [0.05, 0.1) is 10.9 Å². The second-order valence-corrected chi connectivity index (χ2v) is 10.7. The van der Waals surface area contributed by atoms with Crippen LogP contribution in [0.2, 0.25) is 0 Å². The Balaban J connectivity index is 1.49. The second-order valence-electron chi connectivity index (χ2n) is 7.69. The normalized spacial score (nSPS) is 22.7. The molecule has 5 nitrogen and oxygen atoms in total. The van der Waals surface area contributed by atoms with Crippen LogP contribution in [-0.4, -0.2) is 37.0 Å². The highest BCUT2D eigenvalue weighted by molar-refractivity contribution is 7.99. The molecule has 0 bridgehead atoms. The van der Waals surface area contributed by atoms with Crippen LogP contribution in [0.25, 0.3) is 0 Å². The zero-order valence-corrected chi connectivity index (χ0v) is 18.1. The van der Waals surface area contributed by atoms with E-state index in [-0.39, 0.29) is 22.9 Å². The van der Waals surface area contributed by atoms with E-state index in [2.05, 4.69) is 17.4 Å². The van der Waals surface area contributed by atoms with Gasteiger partial charge in [-0.2, -0.15) is 4.31 Å². The second kappa shape index (κ2) is 8.50. The summed E-state index contributed by atoms with van der Waals surface area (Å²) < 4.78 is 27.5. The van der Waals surface area contributed by atoms with Crippen LogP contribution in [0, 0.1) is 0 Å². The lowest BCUT2D eigenvalue weighted by Gasteiger charge is -2.32. The van der Waals surface area contributed by atoms with Gasteiger partial charge >= 0.3 is 0 Å². The van der Waals surface area contributed by atoms with Gasteiger partial charge in [-0.1, -0.05) is 24.6 Å². The lowest BCUT2D eigenvalue weighted by Crippen LogP contribution is -2.41. The molecule has 2 aromatic rings. The van der Waals surface area contributed by atoms with Crippen molar-refractivity contribution in [1.82, 2.24) is 9.62 Å². The third-order valence-corrected chi connectivity index (χ3v) is 8.88. The fraction of sp³-hybridized carbons (Fsp3) is 0.409. The van der Waals surface area contributed by atoms with Crippen molar-refractivity contribution in [2.45, 2.75) is 54.5 Å². The summed E-state index contributed by atoms with van der Waals surface area (Å²) in [6.07, 6.45) is 3.73. The highest BCUT2D eigenvalue weighted by Gasteiger charge is 2.31. The molecule has 0 radical (unpaired) electrons. The number of rotatable bonds is 4. The fourth-order valence-corrected chi connectivity index (χ4v) is 6.90. The molecule has 29 heavy (non-hydrogen) atoms. The maximum absolute atomic E-state index is 13.0. The Morgan fingerprint density at radius 3 is 2.59 bits per heavy atom. The number of thioether (sulfide) groups is 1. The Labute approximate surface area is 176 Å². The summed E-state index contributed by atoms with van der Waals surface area (Å²) >= 11 is 1.81. The van der Waals surface area contributed by atoms with E-state index in [4.69, 9.17) is 0 Å². The minimum Gasteiger partial charge on any atom is -0.345 e. The van der Waals surface area contributed by atoms with Gasteiger partial charge in [0.25, 0.3) is 5.91 Å². The van der Waals surface area contributed by atoms with Crippen LogP contribution in [0.4, 0.5) is 0 Å². The van der Waals surface area contributed by atoms with E-state index < -0.39 is 10.0 Å². The van der Waals surface area contributed by atoms with Gasteiger partial charge in [-0.25, -0.2) is 8.42 Å². The zero-order chi connectivity index (χ0) is 20.4. The number of nitrogens with zero attached hydrogens (tertiary/aromatic N) is 1. The minimum atomic E-state index is -3.52. The van der Waals surface area contributed by atoms with E-state index in [0.29, 0.717) is 12.1 Å². The number of carbonyl (C=O) groups is 1. The van der Waals surface area contributed by atoms with Crippen molar-refractivity contribution >= 4 is 27.7 Å². The van der Waals surface area contributed by atoms with E-state index in [1.807, 2.05) is 30.8 Å². The molecule has 1 amide bonds. The van der Waals surface area contributed by atoms with Crippen molar-refractivity contribution in [2.24, 2.45) is 0 Å². The van der Waals surface area contributed by atoms with E-state index in [0.717, 1.165) is 37.0 Å². The number of hydrogen-bond donors (Lipinski definition) is 1. The topological polar surface area (TPSA) is 66.5 Å². The summed E-state index contributed by atoms with van der Waals surface area (Å²) in [5.41, 5.74) is 1.63. The molecule has 2 heterocycles. The number of benzene rings is 2. The quantitative estimate of drug-likeness (QED) is 0.789. The molecule has 2 aliphatic heterocycles. The smallest absolute Gasteiger partial charge is 0.251 e. The number of carbonyl (C=O) groups excluding carboxylic acids is 1. The Kier molecular flexibility index (Phi) is 5.99. The van der Waals surface area contributed by atoms with Crippen molar-refractivity contribution in [3.63, 3.8) is 0 Å². The van der Waals surface area contributed by atoms with Gasteiger partial charge in [-0.15, -0.1) is 11.8 Å². The van der Waals surface area contributed by atoms with Gasteiger partial charge in [0.2, 0.25) is 10.0 Å². The Morgan fingerprint density at radius 1 is 1.07 bits per heavy atom. The fourth-order valence-electron chi connectivity index (χ4n) is 4.08. The van der Waals surface area contributed by atoms with Crippen molar-refractivity contribution < 1.29 is 13.2 Å². The molecule has 1 fully saturated rings. The van der Waals surface area contributed by atoms with Crippen molar-refractivity contribution in [1.29, 1.82) is 0 Å². The monoisotopic (exact) mass is 430 g/mol. The van der Waals surface area contributed by atoms with E-state index >= 15 is 0 Å². The van der Waals surface area contributed by atoms with Crippen LogP contribution in [0.15, 0.2) is 58.3 Å². The number of hydrogen-bond acceptors (Lipinski definition) is 4. The number of sulfonamides is 1. The summed E-state index contributed by atoms with van der Waals surface area (Å²) in [5.74, 6) is 0.791. The molecule has 0 aliphatic carbocycles. The maximum atomic E-state index is 13.0. The predicted molar refractivity (Wildman–Crippen MR) is 116 cm³/mol. The molecule has 1 N–H and O–H groups in total. The maximum Gasteiger partial charge on any atom is 0.251 e. The van der Waals surface area contributed by atoms with Gasteiger partial charge in [0.15, 0.2) is 0 Å². The first-order chi connectivity index (χ1) is 14.0. The summed E-state index contributed by atoms with van der Waals surface area (Å²) in [7, 11) is -3.52. The molecular formula is C22H26N2O3S2. The summed E-state index contributed by atoms with van der Waals surface area (Å²) in [4.78, 5) is 14.2. The first kappa shape index (κ1) is 20.4. The molecule has 0 saturated carbocycles. The molecule has 0 aromatic heterocycles. The average Bonchev–Trinajstić information content (AvgIpc) is 2.74. The summed E-state index contributed by atoms with van der Waals surface area (Å²) in [6, 6.07) is 14.5. The van der Waals surface area contributed by atoms with Crippen molar-refractivity contribution in [3.05, 3.63) is 59.7 Å². The molecule has 2 aliphatic rings. The van der Waals surface area contributed by atoms with Gasteiger partial charge < -0.3 is 5.32 Å². The van der Waals surface area contributed by atoms with E-state index in [9.17, 15) is 13.2 Å². The van der Waals surface area contributed by atoms with Crippen LogP contribution >= 0.6 is 11.8 Å². The molecule has 0 unspecified atom stereocenters. The summed E-state index contributed by atoms with van der Waals surface area (Å²) in [5, 5.41) is 3.11. The molecule has 2 atom stereocenters. The first-order valence-corrected chi connectivity index (χ1v) is 12.5. The number of nitrogens with one attached hydrogen (secondary N) is 1. The molecular weight excluding hydrogens is 404 g/mol. The minimum absolute atomic E-state index is 0.0148. The SMILES string of the molecule is C[C@H]1CCCCN1S(=O)(=O)c1ccc(C(=O)N[C@H]2CCSc3ccccc32)cc1. The molecule has 4 rings (SSSR count). The Bertz CT molecular complexity index is 989.